The van der Waals surface area contributed by atoms with E-state index in [0.29, 0.717) is 13.1 Å². The quantitative estimate of drug-likeness (QED) is 0.456. The molecule has 4 N–H and O–H groups in total. The van der Waals surface area contributed by atoms with Gasteiger partial charge in [-0.2, -0.15) is 8.42 Å². The summed E-state index contributed by atoms with van der Waals surface area (Å²) in [7, 11) is -3.84. The van der Waals surface area contributed by atoms with Crippen molar-refractivity contribution >= 4 is 16.3 Å². The Morgan fingerprint density at radius 3 is 1.68 bits per heavy atom. The van der Waals surface area contributed by atoms with Crippen LogP contribution in [0.5, 0.6) is 0 Å². The van der Waals surface area contributed by atoms with Crippen LogP contribution in [-0.2, 0) is 10.1 Å². The molecular weight excluding hydrogens is 280 g/mol. The topological polar surface area (TPSA) is 139 Å². The predicted octanol–water partition coefficient (Wildman–Crippen LogP) is -1.29. The molecule has 0 amide bonds. The van der Waals surface area contributed by atoms with Crippen molar-refractivity contribution in [1.29, 1.82) is 0 Å². The van der Waals surface area contributed by atoms with Crippen molar-refractivity contribution in [3.63, 3.8) is 0 Å². The van der Waals surface area contributed by atoms with Crippen LogP contribution < -0.4 is 0 Å². The van der Waals surface area contributed by atoms with Gasteiger partial charge in [-0.1, -0.05) is 0 Å². The number of aliphatic hydroxyl groups excluding tert-OH is 1. The number of carboxylic acid groups (broad SMARTS) is 2. The summed E-state index contributed by atoms with van der Waals surface area (Å²) in [5.74, 6) is -0.201. The minimum Gasteiger partial charge on any atom is -0.450 e. The number of rotatable bonds is 5. The zero-order valence-corrected chi connectivity index (χ0v) is 11.3. The number of aliphatic hydroxyl groups is 1. The van der Waals surface area contributed by atoms with Crippen LogP contribution in [0, 0.1) is 0 Å². The zero-order chi connectivity index (χ0) is 14.9. The summed E-state index contributed by atoms with van der Waals surface area (Å²) in [6.07, 6.45) is -1.83. The third-order valence-electron chi connectivity index (χ3n) is 2.55. The maximum absolute atomic E-state index is 10.5. The summed E-state index contributed by atoms with van der Waals surface area (Å²) in [4.78, 5) is 12.7. The normalized spacial score (nSPS) is 17.6. The monoisotopic (exact) mass is 300 g/mol. The number of hydrogen-bond donors (Lipinski definition) is 4. The van der Waals surface area contributed by atoms with Crippen LogP contribution in [0.15, 0.2) is 0 Å². The van der Waals surface area contributed by atoms with E-state index in [1.54, 1.807) is 0 Å². The van der Waals surface area contributed by atoms with E-state index in [0.717, 1.165) is 26.2 Å². The smallest absolute Gasteiger partial charge is 0.450 e. The highest BCUT2D eigenvalue weighted by Gasteiger charge is 2.17. The molecule has 19 heavy (non-hydrogen) atoms. The van der Waals surface area contributed by atoms with Gasteiger partial charge in [-0.05, 0) is 0 Å². The molecule has 0 aliphatic carbocycles. The minimum absolute atomic E-state index is 0.158. The van der Waals surface area contributed by atoms with Crippen LogP contribution in [0.1, 0.15) is 0 Å². The highest BCUT2D eigenvalue weighted by molar-refractivity contribution is 7.85. The predicted molar refractivity (Wildman–Crippen MR) is 67.0 cm³/mol. The number of nitrogens with zero attached hydrogens (tertiary/aromatic N) is 2. The summed E-state index contributed by atoms with van der Waals surface area (Å²) in [6.45, 7) is 4.46. The standard InChI is InChI=1S/C8H18N2O4S.CH2O3/c11-7-5-9-1-3-10(4-2-9)6-8-15(12,13)14;2-1(3)4/h11H,1-8H2,(H,12,13,14);(H2,2,3,4). The lowest BCUT2D eigenvalue weighted by atomic mass is 10.3. The molecular formula is C9H20N2O7S. The molecule has 0 atom stereocenters. The van der Waals surface area contributed by atoms with Crippen LogP contribution in [0.25, 0.3) is 0 Å². The fraction of sp³-hybridized carbons (Fsp3) is 0.889. The first-order chi connectivity index (χ1) is 8.74. The minimum atomic E-state index is -3.84. The van der Waals surface area contributed by atoms with E-state index in [2.05, 4.69) is 4.90 Å². The largest absolute Gasteiger partial charge is 0.503 e. The Morgan fingerprint density at radius 2 is 1.37 bits per heavy atom. The molecule has 1 heterocycles. The summed E-state index contributed by atoms with van der Waals surface area (Å²) >= 11 is 0. The molecule has 1 rings (SSSR count). The van der Waals surface area contributed by atoms with Crippen molar-refractivity contribution < 1.29 is 33.1 Å². The lowest BCUT2D eigenvalue weighted by molar-refractivity contribution is 0.116. The van der Waals surface area contributed by atoms with E-state index in [4.69, 9.17) is 24.7 Å². The number of hydrogen-bond acceptors (Lipinski definition) is 6. The lowest BCUT2D eigenvalue weighted by Crippen LogP contribution is -2.48. The van der Waals surface area contributed by atoms with E-state index >= 15 is 0 Å². The first kappa shape index (κ1) is 18.1. The Balaban J connectivity index is 0.000000711. The highest BCUT2D eigenvalue weighted by atomic mass is 32.2. The van der Waals surface area contributed by atoms with Crippen molar-refractivity contribution in [1.82, 2.24) is 9.80 Å². The van der Waals surface area contributed by atoms with Gasteiger partial charge in [0.05, 0.1) is 12.4 Å². The molecule has 0 aromatic rings. The Labute approximate surface area is 111 Å². The fourth-order valence-electron chi connectivity index (χ4n) is 1.62. The first-order valence-corrected chi connectivity index (χ1v) is 7.28. The van der Waals surface area contributed by atoms with Crippen molar-refractivity contribution in [2.75, 3.05) is 51.6 Å². The molecule has 10 heteroatoms. The molecule has 0 aromatic carbocycles. The van der Waals surface area contributed by atoms with E-state index in [-0.39, 0.29) is 12.4 Å². The molecule has 0 spiro atoms. The maximum Gasteiger partial charge on any atom is 0.503 e. The van der Waals surface area contributed by atoms with E-state index in [9.17, 15) is 8.42 Å². The van der Waals surface area contributed by atoms with Gasteiger partial charge in [0, 0.05) is 39.3 Å². The molecule has 0 aromatic heterocycles. The van der Waals surface area contributed by atoms with Gasteiger partial charge in [-0.25, -0.2) is 4.79 Å². The highest BCUT2D eigenvalue weighted by Crippen LogP contribution is 2.01. The average molecular weight is 300 g/mol. The number of piperazine rings is 1. The van der Waals surface area contributed by atoms with E-state index < -0.39 is 16.3 Å². The van der Waals surface area contributed by atoms with Crippen LogP contribution in [-0.4, -0.2) is 95.9 Å². The van der Waals surface area contributed by atoms with Gasteiger partial charge in [0.25, 0.3) is 10.1 Å². The Kier molecular flexibility index (Phi) is 8.59. The Morgan fingerprint density at radius 1 is 1.00 bits per heavy atom. The molecule has 9 nitrogen and oxygen atoms in total. The molecule has 1 aliphatic rings. The van der Waals surface area contributed by atoms with Crippen LogP contribution in [0.3, 0.4) is 0 Å². The third kappa shape index (κ3) is 11.9. The molecule has 0 saturated carbocycles. The van der Waals surface area contributed by atoms with Gasteiger partial charge in [0.2, 0.25) is 0 Å². The molecule has 0 unspecified atom stereocenters. The zero-order valence-electron chi connectivity index (χ0n) is 10.5. The fourth-order valence-corrected chi connectivity index (χ4v) is 2.11. The second kappa shape index (κ2) is 9.04. The summed E-state index contributed by atoms with van der Waals surface area (Å²) in [6, 6.07) is 0. The molecule has 1 saturated heterocycles. The lowest BCUT2D eigenvalue weighted by Gasteiger charge is -2.33. The number of carbonyl (C=O) groups is 1. The molecule has 1 fully saturated rings. The Hall–Kier alpha value is -0.940. The maximum atomic E-state index is 10.5. The average Bonchev–Trinajstić information content (AvgIpc) is 2.27. The molecule has 0 bridgehead atoms. The van der Waals surface area contributed by atoms with Crippen molar-refractivity contribution in [2.45, 2.75) is 0 Å². The molecule has 1 aliphatic heterocycles. The number of β-amino-alcohol motifs (C(OH)–C–C–N with tert-alkyl or cyclic N) is 1. The van der Waals surface area contributed by atoms with Gasteiger partial charge >= 0.3 is 6.16 Å². The van der Waals surface area contributed by atoms with Crippen molar-refractivity contribution in [2.24, 2.45) is 0 Å². The summed E-state index contributed by atoms with van der Waals surface area (Å²) in [5.41, 5.74) is 0. The Bertz CT molecular complexity index is 348. The van der Waals surface area contributed by atoms with Gasteiger partial charge in [0.15, 0.2) is 0 Å². The third-order valence-corrected chi connectivity index (χ3v) is 3.25. The second-order valence-electron chi connectivity index (χ2n) is 3.98. The van der Waals surface area contributed by atoms with Gasteiger partial charge in [0.1, 0.15) is 0 Å². The summed E-state index contributed by atoms with van der Waals surface area (Å²) < 4.78 is 29.6. The van der Waals surface area contributed by atoms with Crippen molar-refractivity contribution in [3.8, 4) is 0 Å². The van der Waals surface area contributed by atoms with Gasteiger partial charge in [-0.3, -0.25) is 14.4 Å². The van der Waals surface area contributed by atoms with Crippen LogP contribution in [0.4, 0.5) is 4.79 Å². The second-order valence-corrected chi connectivity index (χ2v) is 5.55. The van der Waals surface area contributed by atoms with E-state index in [1.807, 2.05) is 4.90 Å². The van der Waals surface area contributed by atoms with E-state index in [1.165, 1.54) is 0 Å². The SMILES string of the molecule is O=C(O)O.O=S(=O)(O)CCN1CCN(CCO)CC1. The molecule has 0 radical (unpaired) electrons. The van der Waals surface area contributed by atoms with Crippen molar-refractivity contribution in [3.05, 3.63) is 0 Å². The molecule has 114 valence electrons. The first-order valence-electron chi connectivity index (χ1n) is 5.67. The van der Waals surface area contributed by atoms with Gasteiger partial charge < -0.3 is 15.3 Å². The van der Waals surface area contributed by atoms with Crippen LogP contribution in [0.2, 0.25) is 0 Å². The van der Waals surface area contributed by atoms with Crippen LogP contribution >= 0.6 is 0 Å². The van der Waals surface area contributed by atoms with Gasteiger partial charge in [-0.15, -0.1) is 0 Å². The summed E-state index contributed by atoms with van der Waals surface area (Å²) in [5, 5.41) is 22.7.